The third-order valence-corrected chi connectivity index (χ3v) is 3.30. The van der Waals surface area contributed by atoms with Crippen molar-refractivity contribution in [3.8, 4) is 6.07 Å². The van der Waals surface area contributed by atoms with E-state index in [-0.39, 0.29) is 0 Å². The van der Waals surface area contributed by atoms with Gasteiger partial charge in [0.1, 0.15) is 5.41 Å². The molecule has 3 heteroatoms. The first-order valence-corrected chi connectivity index (χ1v) is 5.75. The lowest BCUT2D eigenvalue weighted by molar-refractivity contribution is -0.114. The van der Waals surface area contributed by atoms with Gasteiger partial charge in [-0.15, -0.1) is 0 Å². The summed E-state index contributed by atoms with van der Waals surface area (Å²) in [6, 6.07) is 10.1. The molecule has 1 aromatic rings. The second-order valence-electron chi connectivity index (χ2n) is 4.46. The number of hydrogen-bond acceptors (Lipinski definition) is 2. The molecule has 1 aliphatic rings. The first-order valence-electron chi connectivity index (χ1n) is 5.75. The minimum absolute atomic E-state index is 0.456. The number of carbonyl (C=O) groups excluding carboxylic acids is 1. The van der Waals surface area contributed by atoms with E-state index in [0.717, 1.165) is 11.1 Å². The number of primary amides is 1. The zero-order valence-electron chi connectivity index (χ0n) is 10.2. The van der Waals surface area contributed by atoms with Crippen LogP contribution in [0.4, 0.5) is 0 Å². The fourth-order valence-corrected chi connectivity index (χ4v) is 2.24. The highest BCUT2D eigenvalue weighted by molar-refractivity contribution is 5.95. The van der Waals surface area contributed by atoms with E-state index >= 15 is 0 Å². The fourth-order valence-electron chi connectivity index (χ4n) is 2.24. The molecule has 1 atom stereocenters. The number of amides is 1. The average molecular weight is 238 g/mol. The Morgan fingerprint density at radius 3 is 2.67 bits per heavy atom. The Balaban J connectivity index is 2.44. The summed E-state index contributed by atoms with van der Waals surface area (Å²) in [7, 11) is 0. The van der Waals surface area contributed by atoms with E-state index in [4.69, 9.17) is 5.73 Å². The molecule has 0 heterocycles. The number of aryl methyl sites for hydroxylation is 1. The van der Waals surface area contributed by atoms with Crippen LogP contribution in [0.15, 0.2) is 48.1 Å². The third-order valence-electron chi connectivity index (χ3n) is 3.30. The fraction of sp³-hybridized carbons (Fsp3) is 0.200. The maximum Gasteiger partial charge on any atom is 0.248 e. The van der Waals surface area contributed by atoms with Gasteiger partial charge in [0.25, 0.3) is 0 Å². The van der Waals surface area contributed by atoms with Gasteiger partial charge in [0.05, 0.1) is 6.07 Å². The first kappa shape index (κ1) is 12.1. The summed E-state index contributed by atoms with van der Waals surface area (Å²) in [4.78, 5) is 11.1. The molecular weight excluding hydrogens is 224 g/mol. The van der Waals surface area contributed by atoms with Gasteiger partial charge in [-0.3, -0.25) is 4.79 Å². The molecule has 0 aliphatic heterocycles. The quantitative estimate of drug-likeness (QED) is 0.857. The summed E-state index contributed by atoms with van der Waals surface area (Å²) >= 11 is 0. The van der Waals surface area contributed by atoms with Gasteiger partial charge >= 0.3 is 0 Å². The van der Waals surface area contributed by atoms with E-state index in [2.05, 4.69) is 6.07 Å². The summed E-state index contributed by atoms with van der Waals surface area (Å²) in [6.07, 6.45) is 5.62. The summed E-state index contributed by atoms with van der Waals surface area (Å²) in [6.45, 7) is 1.98. The van der Waals surface area contributed by atoms with Crippen LogP contribution in [0.2, 0.25) is 0 Å². The van der Waals surface area contributed by atoms with Crippen LogP contribution in [-0.4, -0.2) is 5.91 Å². The molecule has 3 nitrogen and oxygen atoms in total. The largest absolute Gasteiger partial charge is 0.366 e. The van der Waals surface area contributed by atoms with Crippen LogP contribution >= 0.6 is 0 Å². The van der Waals surface area contributed by atoms with E-state index in [9.17, 15) is 10.1 Å². The van der Waals surface area contributed by atoms with Crippen LogP contribution in [-0.2, 0) is 10.2 Å². The van der Waals surface area contributed by atoms with Gasteiger partial charge in [-0.05, 0) is 24.5 Å². The van der Waals surface area contributed by atoms with Crippen molar-refractivity contribution in [1.82, 2.24) is 0 Å². The van der Waals surface area contributed by atoms with Gasteiger partial charge in [0, 0.05) is 5.57 Å². The van der Waals surface area contributed by atoms with Crippen molar-refractivity contribution in [3.63, 3.8) is 0 Å². The number of hydrogen-bond donors (Lipinski definition) is 1. The molecular formula is C15H14N2O. The van der Waals surface area contributed by atoms with Crippen molar-refractivity contribution < 1.29 is 4.79 Å². The standard InChI is InChI=1S/C15H14N2O/c1-11-4-2-3-5-13(11)15(10-16)8-6-12(7-9-15)14(17)18/h2-8H,9H2,1H3,(H2,17,18). The Bertz CT molecular complexity index is 593. The molecule has 90 valence electrons. The molecule has 2 rings (SSSR count). The average Bonchev–Trinajstić information content (AvgIpc) is 2.39. The van der Waals surface area contributed by atoms with Gasteiger partial charge in [-0.2, -0.15) is 5.26 Å². The summed E-state index contributed by atoms with van der Waals surface area (Å²) in [5.74, 6) is -0.456. The highest BCUT2D eigenvalue weighted by Gasteiger charge is 2.32. The monoisotopic (exact) mass is 238 g/mol. The molecule has 0 radical (unpaired) electrons. The SMILES string of the molecule is Cc1ccccc1C1(C#N)C=CC(C(N)=O)=CC1. The highest BCUT2D eigenvalue weighted by atomic mass is 16.1. The van der Waals surface area contributed by atoms with Gasteiger partial charge < -0.3 is 5.73 Å². The molecule has 2 N–H and O–H groups in total. The van der Waals surface area contributed by atoms with Gasteiger partial charge in [0.2, 0.25) is 5.91 Å². The zero-order chi connectivity index (χ0) is 13.2. The second kappa shape index (κ2) is 4.50. The van der Waals surface area contributed by atoms with Gasteiger partial charge in [0.15, 0.2) is 0 Å². The Morgan fingerprint density at radius 2 is 2.17 bits per heavy atom. The van der Waals surface area contributed by atoms with Crippen molar-refractivity contribution in [3.05, 3.63) is 59.2 Å². The van der Waals surface area contributed by atoms with Crippen LogP contribution < -0.4 is 5.73 Å². The molecule has 1 unspecified atom stereocenters. The predicted molar refractivity (Wildman–Crippen MR) is 69.5 cm³/mol. The number of nitrogens with two attached hydrogens (primary N) is 1. The number of carbonyl (C=O) groups is 1. The van der Waals surface area contributed by atoms with E-state index < -0.39 is 11.3 Å². The van der Waals surface area contributed by atoms with Crippen molar-refractivity contribution >= 4 is 5.91 Å². The topological polar surface area (TPSA) is 66.9 Å². The van der Waals surface area contributed by atoms with Crippen LogP contribution in [0.25, 0.3) is 0 Å². The Labute approximate surface area is 106 Å². The maximum atomic E-state index is 11.1. The summed E-state index contributed by atoms with van der Waals surface area (Å²) in [5.41, 5.74) is 7.05. The van der Waals surface area contributed by atoms with Crippen LogP contribution in [0.1, 0.15) is 17.5 Å². The van der Waals surface area contributed by atoms with Crippen LogP contribution in [0.3, 0.4) is 0 Å². The summed E-state index contributed by atoms with van der Waals surface area (Å²) < 4.78 is 0. The molecule has 0 fully saturated rings. The summed E-state index contributed by atoms with van der Waals surface area (Å²) in [5, 5.41) is 9.50. The lowest BCUT2D eigenvalue weighted by Crippen LogP contribution is -2.25. The molecule has 1 aliphatic carbocycles. The molecule has 1 amide bonds. The Kier molecular flexibility index (Phi) is 3.03. The maximum absolute atomic E-state index is 11.1. The molecule has 0 aromatic heterocycles. The Morgan fingerprint density at radius 1 is 1.44 bits per heavy atom. The molecule has 0 saturated heterocycles. The predicted octanol–water partition coefficient (Wildman–Crippen LogP) is 2.13. The number of nitriles is 1. The van der Waals surface area contributed by atoms with Crippen molar-refractivity contribution in [2.45, 2.75) is 18.8 Å². The van der Waals surface area contributed by atoms with E-state index in [1.165, 1.54) is 0 Å². The lowest BCUT2D eigenvalue weighted by Gasteiger charge is -2.26. The number of allylic oxidation sites excluding steroid dienone is 2. The minimum atomic E-state index is -0.690. The molecule has 1 aromatic carbocycles. The zero-order valence-corrected chi connectivity index (χ0v) is 10.2. The normalized spacial score (nSPS) is 22.1. The molecule has 0 saturated carbocycles. The first-order chi connectivity index (χ1) is 8.59. The number of rotatable bonds is 2. The van der Waals surface area contributed by atoms with Crippen molar-refractivity contribution in [2.24, 2.45) is 5.73 Å². The van der Waals surface area contributed by atoms with E-state index in [1.807, 2.05) is 31.2 Å². The second-order valence-corrected chi connectivity index (χ2v) is 4.46. The van der Waals surface area contributed by atoms with Gasteiger partial charge in [-0.1, -0.05) is 42.5 Å². The van der Waals surface area contributed by atoms with Crippen molar-refractivity contribution in [2.75, 3.05) is 0 Å². The van der Waals surface area contributed by atoms with E-state index in [1.54, 1.807) is 18.2 Å². The highest BCUT2D eigenvalue weighted by Crippen LogP contribution is 2.35. The minimum Gasteiger partial charge on any atom is -0.366 e. The molecule has 0 spiro atoms. The van der Waals surface area contributed by atoms with Gasteiger partial charge in [-0.25, -0.2) is 0 Å². The number of benzene rings is 1. The third kappa shape index (κ3) is 1.93. The van der Waals surface area contributed by atoms with E-state index in [0.29, 0.717) is 12.0 Å². The Hall–Kier alpha value is -2.34. The smallest absolute Gasteiger partial charge is 0.248 e. The lowest BCUT2D eigenvalue weighted by atomic mass is 9.74. The molecule has 0 bridgehead atoms. The van der Waals surface area contributed by atoms with Crippen LogP contribution in [0, 0.1) is 18.3 Å². The number of nitrogens with zero attached hydrogens (tertiary/aromatic N) is 1. The molecule has 18 heavy (non-hydrogen) atoms. The van der Waals surface area contributed by atoms with Crippen molar-refractivity contribution in [1.29, 1.82) is 5.26 Å². The van der Waals surface area contributed by atoms with Crippen LogP contribution in [0.5, 0.6) is 0 Å².